The second-order valence-corrected chi connectivity index (χ2v) is 6.01. The second-order valence-electron chi connectivity index (χ2n) is 4.84. The normalized spacial score (nSPS) is 20.1. The van der Waals surface area contributed by atoms with Crippen LogP contribution in [0.4, 0.5) is 0 Å². The summed E-state index contributed by atoms with van der Waals surface area (Å²) in [5.74, 6) is 0.583. The molecule has 0 saturated heterocycles. The number of hydrogen-bond donors (Lipinski definition) is 0. The maximum absolute atomic E-state index is 12.0. The molecule has 18 heavy (non-hydrogen) atoms. The van der Waals surface area contributed by atoms with Gasteiger partial charge in [0.2, 0.25) is 0 Å². The smallest absolute Gasteiger partial charge is 0.159 e. The highest BCUT2D eigenvalue weighted by Gasteiger charge is 2.25. The Balaban J connectivity index is 2.22. The van der Waals surface area contributed by atoms with Gasteiger partial charge in [-0.15, -0.1) is 0 Å². The van der Waals surface area contributed by atoms with Crippen molar-refractivity contribution in [2.45, 2.75) is 31.6 Å². The molecule has 0 radical (unpaired) electrons. The van der Waals surface area contributed by atoms with Crippen molar-refractivity contribution in [3.63, 3.8) is 0 Å². The number of benzene rings is 1. The maximum atomic E-state index is 12.0. The first kappa shape index (κ1) is 13.2. The molecular weight excluding hydrogens is 240 g/mol. The van der Waals surface area contributed by atoms with Crippen molar-refractivity contribution in [3.8, 4) is 0 Å². The van der Waals surface area contributed by atoms with E-state index in [0.717, 1.165) is 17.6 Å². The summed E-state index contributed by atoms with van der Waals surface area (Å²) >= 11 is 1.72. The molecule has 0 aliphatic heterocycles. The minimum atomic E-state index is 0.271. The predicted octanol–water partition coefficient (Wildman–Crippen LogP) is 4.61. The molecule has 0 amide bonds. The summed E-state index contributed by atoms with van der Waals surface area (Å²) in [4.78, 5) is 14.4. The molecule has 2 heteroatoms. The van der Waals surface area contributed by atoms with Crippen molar-refractivity contribution in [2.24, 2.45) is 5.92 Å². The lowest BCUT2D eigenvalue weighted by Gasteiger charge is -2.25. The zero-order valence-electron chi connectivity index (χ0n) is 10.9. The van der Waals surface area contributed by atoms with E-state index in [1.165, 1.54) is 9.80 Å². The molecule has 94 valence electrons. The fraction of sp³-hybridized carbons (Fsp3) is 0.312. The second kappa shape index (κ2) is 5.57. The van der Waals surface area contributed by atoms with Gasteiger partial charge in [0.1, 0.15) is 0 Å². The van der Waals surface area contributed by atoms with Crippen molar-refractivity contribution in [3.05, 3.63) is 53.0 Å². The maximum Gasteiger partial charge on any atom is 0.159 e. The van der Waals surface area contributed by atoms with Crippen molar-refractivity contribution in [1.29, 1.82) is 0 Å². The molecule has 0 heterocycles. The molecule has 0 fully saturated rings. The first-order valence-corrected chi connectivity index (χ1v) is 7.01. The highest BCUT2D eigenvalue weighted by atomic mass is 32.2. The quantitative estimate of drug-likeness (QED) is 0.737. The molecule has 1 aliphatic carbocycles. The first-order chi connectivity index (χ1) is 8.58. The molecule has 1 aliphatic rings. The van der Waals surface area contributed by atoms with Gasteiger partial charge >= 0.3 is 0 Å². The zero-order chi connectivity index (χ0) is 13.1. The van der Waals surface area contributed by atoms with Crippen LogP contribution in [0.1, 0.15) is 26.7 Å². The molecule has 0 aromatic heterocycles. The van der Waals surface area contributed by atoms with Gasteiger partial charge in [0, 0.05) is 16.9 Å². The van der Waals surface area contributed by atoms with Crippen LogP contribution in [-0.4, -0.2) is 5.78 Å². The van der Waals surface area contributed by atoms with Gasteiger partial charge in [-0.25, -0.2) is 0 Å². The van der Waals surface area contributed by atoms with E-state index in [-0.39, 0.29) is 5.78 Å². The molecule has 1 nitrogen and oxygen atoms in total. The summed E-state index contributed by atoms with van der Waals surface area (Å²) in [5.41, 5.74) is 2.04. The summed E-state index contributed by atoms with van der Waals surface area (Å²) in [6.45, 7) is 7.96. The number of allylic oxidation sites excluding steroid dienone is 3. The van der Waals surface area contributed by atoms with Crippen molar-refractivity contribution < 1.29 is 4.79 Å². The largest absolute Gasteiger partial charge is 0.295 e. The fourth-order valence-corrected chi connectivity index (χ4v) is 3.21. The Morgan fingerprint density at radius 3 is 2.56 bits per heavy atom. The molecule has 1 aromatic carbocycles. The lowest BCUT2D eigenvalue weighted by atomic mass is 9.85. The van der Waals surface area contributed by atoms with Gasteiger partial charge in [0.05, 0.1) is 0 Å². The molecule has 2 rings (SSSR count). The van der Waals surface area contributed by atoms with Crippen molar-refractivity contribution >= 4 is 17.5 Å². The number of Topliss-reactive ketones (excluding diaryl/α,β-unsaturated/α-hetero) is 1. The van der Waals surface area contributed by atoms with Gasteiger partial charge in [-0.3, -0.25) is 4.79 Å². The van der Waals surface area contributed by atoms with Crippen LogP contribution in [0.15, 0.2) is 57.9 Å². The fourth-order valence-electron chi connectivity index (χ4n) is 2.08. The third-order valence-corrected chi connectivity index (χ3v) is 4.61. The number of hydrogen-bond acceptors (Lipinski definition) is 2. The van der Waals surface area contributed by atoms with Gasteiger partial charge in [0.15, 0.2) is 5.78 Å². The van der Waals surface area contributed by atoms with Crippen LogP contribution in [0.5, 0.6) is 0 Å². The van der Waals surface area contributed by atoms with Gasteiger partial charge in [-0.1, -0.05) is 42.1 Å². The summed E-state index contributed by atoms with van der Waals surface area (Å²) in [5, 5.41) is 0. The molecule has 1 aromatic rings. The number of thioether (sulfide) groups is 1. The van der Waals surface area contributed by atoms with E-state index < -0.39 is 0 Å². The average Bonchev–Trinajstić information content (AvgIpc) is 2.35. The van der Waals surface area contributed by atoms with E-state index in [2.05, 4.69) is 18.7 Å². The Hall–Kier alpha value is -1.28. The van der Waals surface area contributed by atoms with Gasteiger partial charge in [-0.2, -0.15) is 0 Å². The van der Waals surface area contributed by atoms with Crippen molar-refractivity contribution in [2.75, 3.05) is 0 Å². The van der Waals surface area contributed by atoms with Crippen LogP contribution in [0, 0.1) is 5.92 Å². The van der Waals surface area contributed by atoms with Gasteiger partial charge in [0.25, 0.3) is 0 Å². The number of ketones is 1. The highest BCUT2D eigenvalue weighted by molar-refractivity contribution is 8.03. The van der Waals surface area contributed by atoms with Crippen LogP contribution in [0.3, 0.4) is 0 Å². The standard InChI is InChI=1S/C16H18OS/c1-11(2)13-9-15(17)12(3)16(10-13)18-14-7-5-4-6-8-14/h4-8,13H,1,9-10H2,2-3H3. The minimum Gasteiger partial charge on any atom is -0.295 e. The van der Waals surface area contributed by atoms with E-state index >= 15 is 0 Å². The van der Waals surface area contributed by atoms with E-state index in [9.17, 15) is 4.79 Å². The SMILES string of the molecule is C=C(C)C1CC(=O)C(C)=C(Sc2ccccc2)C1. The van der Waals surface area contributed by atoms with Crippen LogP contribution in [0.2, 0.25) is 0 Å². The molecule has 0 N–H and O–H groups in total. The molecule has 1 atom stereocenters. The lowest BCUT2D eigenvalue weighted by Crippen LogP contribution is -2.17. The summed E-state index contributed by atoms with van der Waals surface area (Å²) in [7, 11) is 0. The van der Waals surface area contributed by atoms with Crippen LogP contribution >= 0.6 is 11.8 Å². The van der Waals surface area contributed by atoms with Crippen LogP contribution in [-0.2, 0) is 4.79 Å². The Morgan fingerprint density at radius 2 is 1.94 bits per heavy atom. The van der Waals surface area contributed by atoms with Crippen LogP contribution < -0.4 is 0 Å². The number of carbonyl (C=O) groups excluding carboxylic acids is 1. The third-order valence-electron chi connectivity index (χ3n) is 3.38. The van der Waals surface area contributed by atoms with Gasteiger partial charge < -0.3 is 0 Å². The van der Waals surface area contributed by atoms with Gasteiger partial charge in [-0.05, 0) is 43.2 Å². The third kappa shape index (κ3) is 2.94. The molecule has 1 unspecified atom stereocenters. The predicted molar refractivity (Wildman–Crippen MR) is 77.5 cm³/mol. The van der Waals surface area contributed by atoms with Crippen LogP contribution in [0.25, 0.3) is 0 Å². The molecule has 0 bridgehead atoms. The zero-order valence-corrected chi connectivity index (χ0v) is 11.7. The van der Waals surface area contributed by atoms with E-state index in [0.29, 0.717) is 12.3 Å². The van der Waals surface area contributed by atoms with Crippen molar-refractivity contribution in [1.82, 2.24) is 0 Å². The number of carbonyl (C=O) groups is 1. The highest BCUT2D eigenvalue weighted by Crippen LogP contribution is 2.40. The Kier molecular flexibility index (Phi) is 4.07. The monoisotopic (exact) mass is 258 g/mol. The Bertz CT molecular complexity index is 499. The van der Waals surface area contributed by atoms with E-state index in [4.69, 9.17) is 0 Å². The topological polar surface area (TPSA) is 17.1 Å². The number of rotatable bonds is 3. The molecule has 0 saturated carbocycles. The lowest BCUT2D eigenvalue weighted by molar-refractivity contribution is -0.116. The average molecular weight is 258 g/mol. The minimum absolute atomic E-state index is 0.271. The van der Waals surface area contributed by atoms with E-state index in [1.54, 1.807) is 11.8 Å². The first-order valence-electron chi connectivity index (χ1n) is 6.19. The Morgan fingerprint density at radius 1 is 1.28 bits per heavy atom. The molecular formula is C16H18OS. The van der Waals surface area contributed by atoms with E-state index in [1.807, 2.05) is 32.0 Å². The summed E-state index contributed by atoms with van der Waals surface area (Å²) in [6.07, 6.45) is 1.58. The summed E-state index contributed by atoms with van der Waals surface area (Å²) < 4.78 is 0. The molecule has 0 spiro atoms. The Labute approximate surface area is 113 Å². The summed E-state index contributed by atoms with van der Waals surface area (Å²) in [6, 6.07) is 10.2.